The lowest BCUT2D eigenvalue weighted by atomic mass is 9.77. The lowest BCUT2D eigenvalue weighted by Gasteiger charge is -2.28. The highest BCUT2D eigenvalue weighted by Crippen LogP contribution is 2.37. The molecule has 3 nitrogen and oxygen atoms in total. The van der Waals surface area contributed by atoms with E-state index in [0.29, 0.717) is 5.92 Å². The van der Waals surface area contributed by atoms with E-state index in [1.54, 1.807) is 0 Å². The number of hydrogen-bond acceptors (Lipinski definition) is 3. The van der Waals surface area contributed by atoms with Crippen LogP contribution in [0.5, 0.6) is 11.5 Å². The number of fused-ring (bicyclic) bond motifs is 1. The molecule has 166 valence electrons. The first-order chi connectivity index (χ1) is 14.8. The number of rotatable bonds is 6. The van der Waals surface area contributed by atoms with E-state index in [1.807, 2.05) is 12.1 Å². The van der Waals surface area contributed by atoms with Crippen LogP contribution in [0.3, 0.4) is 0 Å². The summed E-state index contributed by atoms with van der Waals surface area (Å²) in [6.07, 6.45) is 1.66. The number of aryl methyl sites for hydroxylation is 1. The summed E-state index contributed by atoms with van der Waals surface area (Å²) in [7, 11) is 0. The number of carbonyl (C=O) groups excluding carboxylic acids is 1. The number of hydrogen-bond donors (Lipinski definition) is 0. The molecule has 0 saturated heterocycles. The van der Waals surface area contributed by atoms with Crippen molar-refractivity contribution in [3.63, 3.8) is 0 Å². The average molecular weight is 453 g/mol. The second-order valence-electron chi connectivity index (χ2n) is 8.43. The number of ketones is 1. The largest absolute Gasteiger partial charge is 0.454 e. The van der Waals surface area contributed by atoms with Gasteiger partial charge in [0.15, 0.2) is 17.3 Å². The molecule has 0 atom stereocenters. The number of alkyl halides is 3. The maximum absolute atomic E-state index is 13.0. The molecular weight excluding hydrogens is 429 g/mol. The number of Topliss-reactive ketones (excluding diaryl/α,β-unsaturated/α-hetero) is 1. The Morgan fingerprint density at radius 2 is 1.68 bits per heavy atom. The van der Waals surface area contributed by atoms with E-state index >= 15 is 0 Å². The molecule has 7 heteroatoms. The molecule has 0 aromatic heterocycles. The van der Waals surface area contributed by atoms with Crippen molar-refractivity contribution in [1.29, 1.82) is 0 Å². The van der Waals surface area contributed by atoms with Crippen LogP contribution >= 0.6 is 11.6 Å². The monoisotopic (exact) mass is 452 g/mol. The van der Waals surface area contributed by atoms with Crippen LogP contribution < -0.4 is 9.47 Å². The van der Waals surface area contributed by atoms with Crippen molar-refractivity contribution in [2.45, 2.75) is 51.1 Å². The Morgan fingerprint density at radius 1 is 0.968 bits per heavy atom. The summed E-state index contributed by atoms with van der Waals surface area (Å²) in [6.45, 7) is 0.271. The van der Waals surface area contributed by atoms with Gasteiger partial charge in [0.1, 0.15) is 0 Å². The van der Waals surface area contributed by atoms with Gasteiger partial charge in [-0.15, -0.1) is 0 Å². The fraction of sp³-hybridized carbons (Fsp3) is 0.458. The third-order valence-corrected chi connectivity index (χ3v) is 6.64. The third-order valence-electron chi connectivity index (χ3n) is 6.31. The smallest absolute Gasteiger partial charge is 0.416 e. The molecular formula is C24H24ClF3O3. The van der Waals surface area contributed by atoms with E-state index in [9.17, 15) is 18.0 Å². The number of halogens is 4. The molecule has 1 fully saturated rings. The van der Waals surface area contributed by atoms with Crippen molar-refractivity contribution in [2.75, 3.05) is 6.79 Å². The third kappa shape index (κ3) is 5.35. The molecule has 4 rings (SSSR count). The van der Waals surface area contributed by atoms with Gasteiger partial charge in [-0.25, -0.2) is 0 Å². The molecule has 0 unspecified atom stereocenters. The molecule has 1 heterocycles. The zero-order valence-electron chi connectivity index (χ0n) is 17.0. The highest BCUT2D eigenvalue weighted by Gasteiger charge is 2.32. The van der Waals surface area contributed by atoms with Crippen LogP contribution in [-0.2, 0) is 12.6 Å². The number of ether oxygens (including phenoxy) is 2. The quantitative estimate of drug-likeness (QED) is 0.438. The minimum Gasteiger partial charge on any atom is -0.454 e. The Balaban J connectivity index is 1.27. The Kier molecular flexibility index (Phi) is 6.47. The van der Waals surface area contributed by atoms with Crippen molar-refractivity contribution in [1.82, 2.24) is 0 Å². The molecule has 1 saturated carbocycles. The number of benzene rings is 2. The first-order valence-electron chi connectivity index (χ1n) is 10.6. The Hall–Kier alpha value is -2.21. The van der Waals surface area contributed by atoms with Crippen molar-refractivity contribution in [3.05, 3.63) is 58.1 Å². The van der Waals surface area contributed by atoms with Gasteiger partial charge < -0.3 is 9.47 Å². The summed E-state index contributed by atoms with van der Waals surface area (Å²) >= 11 is 6.01. The van der Waals surface area contributed by atoms with E-state index in [-0.39, 0.29) is 35.5 Å². The van der Waals surface area contributed by atoms with Crippen molar-refractivity contribution in [3.8, 4) is 11.5 Å². The van der Waals surface area contributed by atoms with Gasteiger partial charge in [0.2, 0.25) is 6.79 Å². The SMILES string of the molecule is O=C(CC1CCC(CCc2ccc3c(c2)OCO3)CC1)c1cc(C(F)(F)F)ccc1Cl. The van der Waals surface area contributed by atoms with Crippen LogP contribution in [0, 0.1) is 11.8 Å². The maximum atomic E-state index is 13.0. The molecule has 0 amide bonds. The van der Waals surface area contributed by atoms with Crippen molar-refractivity contribution >= 4 is 17.4 Å². The molecule has 0 radical (unpaired) electrons. The lowest BCUT2D eigenvalue weighted by molar-refractivity contribution is -0.137. The summed E-state index contributed by atoms with van der Waals surface area (Å²) in [4.78, 5) is 12.6. The number of carbonyl (C=O) groups is 1. The van der Waals surface area contributed by atoms with Gasteiger partial charge in [-0.1, -0.05) is 30.5 Å². The summed E-state index contributed by atoms with van der Waals surface area (Å²) in [5, 5.41) is 0.0791. The molecule has 1 aliphatic carbocycles. The van der Waals surface area contributed by atoms with Gasteiger partial charge >= 0.3 is 6.18 Å². The van der Waals surface area contributed by atoms with Gasteiger partial charge in [-0.3, -0.25) is 4.79 Å². The summed E-state index contributed by atoms with van der Waals surface area (Å²) < 4.78 is 49.6. The molecule has 2 aromatic carbocycles. The molecule has 2 aliphatic rings. The Bertz CT molecular complexity index is 950. The molecule has 31 heavy (non-hydrogen) atoms. The Morgan fingerprint density at radius 3 is 2.42 bits per heavy atom. The standard InChI is InChI=1S/C24H24ClF3O3/c25-20-9-8-18(24(26,27)28)13-19(20)21(29)11-16-4-1-15(2-5-16)3-6-17-7-10-22-23(12-17)31-14-30-22/h7-10,12-13,15-16H,1-6,11,14H2. The van der Waals surface area contributed by atoms with Gasteiger partial charge in [-0.05, 0) is 73.4 Å². The predicted molar refractivity (Wildman–Crippen MR) is 112 cm³/mol. The fourth-order valence-electron chi connectivity index (χ4n) is 4.48. The zero-order chi connectivity index (χ0) is 22.0. The van der Waals surface area contributed by atoms with Gasteiger partial charge in [-0.2, -0.15) is 13.2 Å². The lowest BCUT2D eigenvalue weighted by Crippen LogP contribution is -2.18. The normalized spacial score (nSPS) is 20.6. The Labute approximate surface area is 184 Å². The minimum absolute atomic E-state index is 0.0265. The van der Waals surface area contributed by atoms with Crippen LogP contribution in [0.25, 0.3) is 0 Å². The topological polar surface area (TPSA) is 35.5 Å². The van der Waals surface area contributed by atoms with Gasteiger partial charge in [0.25, 0.3) is 0 Å². The first kappa shape index (κ1) is 22.0. The van der Waals surface area contributed by atoms with Crippen LogP contribution in [0.15, 0.2) is 36.4 Å². The van der Waals surface area contributed by atoms with Crippen LogP contribution in [0.4, 0.5) is 13.2 Å². The molecule has 0 bridgehead atoms. The first-order valence-corrected chi connectivity index (χ1v) is 11.0. The molecule has 0 spiro atoms. The fourth-order valence-corrected chi connectivity index (χ4v) is 4.70. The highest BCUT2D eigenvalue weighted by atomic mass is 35.5. The van der Waals surface area contributed by atoms with E-state index in [0.717, 1.165) is 68.2 Å². The van der Waals surface area contributed by atoms with Gasteiger partial charge in [0.05, 0.1) is 10.6 Å². The zero-order valence-corrected chi connectivity index (χ0v) is 17.8. The second kappa shape index (κ2) is 9.11. The maximum Gasteiger partial charge on any atom is 0.416 e. The summed E-state index contributed by atoms with van der Waals surface area (Å²) in [6, 6.07) is 8.98. The highest BCUT2D eigenvalue weighted by molar-refractivity contribution is 6.34. The van der Waals surface area contributed by atoms with E-state index in [1.165, 1.54) is 5.56 Å². The molecule has 2 aromatic rings. The molecule has 0 N–H and O–H groups in total. The van der Waals surface area contributed by atoms with Crippen LogP contribution in [0.1, 0.15) is 60.0 Å². The van der Waals surface area contributed by atoms with Gasteiger partial charge in [0, 0.05) is 12.0 Å². The van der Waals surface area contributed by atoms with Crippen LogP contribution in [-0.4, -0.2) is 12.6 Å². The van der Waals surface area contributed by atoms with Crippen LogP contribution in [0.2, 0.25) is 5.02 Å². The predicted octanol–water partition coefficient (Wildman–Crippen LogP) is 7.10. The molecule has 1 aliphatic heterocycles. The summed E-state index contributed by atoms with van der Waals surface area (Å²) in [5.74, 6) is 2.07. The van der Waals surface area contributed by atoms with E-state index < -0.39 is 11.7 Å². The minimum atomic E-state index is -4.49. The van der Waals surface area contributed by atoms with Crippen molar-refractivity contribution < 1.29 is 27.4 Å². The van der Waals surface area contributed by atoms with Crippen molar-refractivity contribution in [2.24, 2.45) is 11.8 Å². The van der Waals surface area contributed by atoms with E-state index in [2.05, 4.69) is 6.07 Å². The van der Waals surface area contributed by atoms with E-state index in [4.69, 9.17) is 21.1 Å². The second-order valence-corrected chi connectivity index (χ2v) is 8.84. The summed E-state index contributed by atoms with van der Waals surface area (Å²) in [5.41, 5.74) is 0.356. The average Bonchev–Trinajstić information content (AvgIpc) is 3.20.